The molecule has 1 amide bonds. The van der Waals surface area contributed by atoms with Gasteiger partial charge >= 0.3 is 12.1 Å². The van der Waals surface area contributed by atoms with Gasteiger partial charge in [0.15, 0.2) is 5.60 Å². The summed E-state index contributed by atoms with van der Waals surface area (Å²) in [6, 6.07) is -0.322. The van der Waals surface area contributed by atoms with Gasteiger partial charge in [0.25, 0.3) is 0 Å². The fraction of sp³-hybridized carbons (Fsp3) is 0.840. The predicted octanol–water partition coefficient (Wildman–Crippen LogP) is 3.51. The number of Topliss-reactive ketones (excluding diaryl/α,β-unsaturated/α-hetero) is 1. The number of carbonyl (C=O) groups excluding carboxylic acids is 3. The molecule has 3 aliphatic heterocycles. The van der Waals surface area contributed by atoms with Crippen molar-refractivity contribution >= 4 is 23.6 Å². The molecule has 0 aromatic rings. The van der Waals surface area contributed by atoms with Gasteiger partial charge in [-0.1, -0.05) is 34.6 Å². The van der Waals surface area contributed by atoms with Crippen molar-refractivity contribution in [1.29, 1.82) is 0 Å². The highest BCUT2D eigenvalue weighted by Gasteiger charge is 2.59. The lowest BCUT2D eigenvalue weighted by Crippen LogP contribution is -2.57. The van der Waals surface area contributed by atoms with E-state index in [9.17, 15) is 14.4 Å². The quantitative estimate of drug-likeness (QED) is 0.458. The molecule has 33 heavy (non-hydrogen) atoms. The number of ketones is 1. The molecule has 0 spiro atoms. The number of cyclic esters (lactones) is 1. The van der Waals surface area contributed by atoms with Gasteiger partial charge in [0.2, 0.25) is 0 Å². The number of hydrogen-bond donors (Lipinski definition) is 0. The summed E-state index contributed by atoms with van der Waals surface area (Å²) in [6.07, 6.45) is -0.0762. The third kappa shape index (κ3) is 4.43. The zero-order valence-electron chi connectivity index (χ0n) is 21.3. The standard InChI is InChI=1S/C25H40N2O6/c1-9-19-25(7)22-16(5)20(26-10-11-27(22)24(30)33-25)13(2)12-18(31-8)14(3)15(4)21(28)17(6)23(29)32-19/h13-19,22H,9-12H2,1-8H3/t13-,14-,15-,16+,17-,18-,19-,22-,25-/m1/s1. The molecular formula is C25H40N2O6. The van der Waals surface area contributed by atoms with Crippen LogP contribution in [-0.2, 0) is 23.8 Å². The zero-order chi connectivity index (χ0) is 24.7. The number of amides is 1. The van der Waals surface area contributed by atoms with E-state index in [1.54, 1.807) is 18.9 Å². The molecule has 186 valence electrons. The minimum absolute atomic E-state index is 0.0787. The molecule has 0 radical (unpaired) electrons. The molecule has 0 aromatic carbocycles. The molecule has 0 aromatic heterocycles. The van der Waals surface area contributed by atoms with E-state index in [-0.39, 0.29) is 41.6 Å². The van der Waals surface area contributed by atoms with Crippen molar-refractivity contribution in [3.63, 3.8) is 0 Å². The molecule has 2 fully saturated rings. The summed E-state index contributed by atoms with van der Waals surface area (Å²) in [5.41, 5.74) is -0.0232. The molecule has 0 saturated carbocycles. The number of nitrogens with zero attached hydrogens (tertiary/aromatic N) is 2. The van der Waals surface area contributed by atoms with E-state index >= 15 is 0 Å². The summed E-state index contributed by atoms with van der Waals surface area (Å²) in [5.74, 6) is -2.08. The number of fused-ring (bicyclic) bond motifs is 1. The van der Waals surface area contributed by atoms with Gasteiger partial charge in [-0.2, -0.15) is 0 Å². The normalized spacial score (nSPS) is 42.7. The van der Waals surface area contributed by atoms with Crippen LogP contribution < -0.4 is 0 Å². The minimum atomic E-state index is -1.04. The SMILES string of the molecule is CC[C@H]1OC(=O)[C@H](C)C(=O)[C@H](C)[C@@H](C)[C@H](OC)C[C@@H](C)C2=NCCN3C(=O)O[C@@]1(C)[C@H]3[C@H]2C. The predicted molar refractivity (Wildman–Crippen MR) is 124 cm³/mol. The maximum absolute atomic E-state index is 13.2. The number of ether oxygens (including phenoxy) is 3. The van der Waals surface area contributed by atoms with E-state index in [0.717, 1.165) is 5.71 Å². The topological polar surface area (TPSA) is 94.5 Å². The second-order valence-corrected chi connectivity index (χ2v) is 10.3. The van der Waals surface area contributed by atoms with E-state index in [1.807, 2.05) is 27.7 Å². The number of esters is 1. The maximum Gasteiger partial charge on any atom is 0.410 e. The van der Waals surface area contributed by atoms with Gasteiger partial charge in [0.1, 0.15) is 17.8 Å². The van der Waals surface area contributed by atoms with E-state index in [0.29, 0.717) is 25.9 Å². The van der Waals surface area contributed by atoms with Crippen LogP contribution in [0.2, 0.25) is 0 Å². The van der Waals surface area contributed by atoms with Crippen LogP contribution >= 0.6 is 0 Å². The van der Waals surface area contributed by atoms with Crippen LogP contribution in [0.4, 0.5) is 4.79 Å². The molecule has 3 heterocycles. The Kier molecular flexibility index (Phi) is 7.56. The van der Waals surface area contributed by atoms with Crippen molar-refractivity contribution in [2.45, 2.75) is 85.2 Å². The highest BCUT2D eigenvalue weighted by molar-refractivity contribution is 6.00. The molecule has 2 bridgehead atoms. The van der Waals surface area contributed by atoms with E-state index in [4.69, 9.17) is 19.2 Å². The van der Waals surface area contributed by atoms with Crippen molar-refractivity contribution in [2.24, 2.45) is 34.6 Å². The summed E-state index contributed by atoms with van der Waals surface area (Å²) in [7, 11) is 1.67. The Hall–Kier alpha value is -1.96. The first-order valence-electron chi connectivity index (χ1n) is 12.3. The molecule has 8 heteroatoms. The Morgan fingerprint density at radius 3 is 2.39 bits per heavy atom. The minimum Gasteiger partial charge on any atom is -0.458 e. The highest BCUT2D eigenvalue weighted by Crippen LogP contribution is 2.42. The second kappa shape index (κ2) is 9.72. The van der Waals surface area contributed by atoms with E-state index in [2.05, 4.69) is 13.8 Å². The number of methoxy groups -OCH3 is 1. The Bertz CT molecular complexity index is 813. The van der Waals surface area contributed by atoms with Gasteiger partial charge in [-0.15, -0.1) is 0 Å². The summed E-state index contributed by atoms with van der Waals surface area (Å²) < 4.78 is 17.7. The van der Waals surface area contributed by atoms with Crippen LogP contribution in [0.5, 0.6) is 0 Å². The average Bonchev–Trinajstić information content (AvgIpc) is 2.92. The van der Waals surface area contributed by atoms with Gasteiger partial charge in [0.05, 0.1) is 18.7 Å². The fourth-order valence-electron chi connectivity index (χ4n) is 6.11. The molecular weight excluding hydrogens is 424 g/mol. The first kappa shape index (κ1) is 25.7. The summed E-state index contributed by atoms with van der Waals surface area (Å²) in [6.45, 7) is 14.4. The van der Waals surface area contributed by atoms with Gasteiger partial charge in [-0.3, -0.25) is 19.5 Å². The molecule has 2 saturated heterocycles. The third-order valence-electron chi connectivity index (χ3n) is 8.31. The molecule has 0 aliphatic carbocycles. The monoisotopic (exact) mass is 464 g/mol. The molecule has 3 rings (SSSR count). The first-order chi connectivity index (χ1) is 15.5. The summed E-state index contributed by atoms with van der Waals surface area (Å²) in [4.78, 5) is 45.8. The zero-order valence-corrected chi connectivity index (χ0v) is 21.3. The van der Waals surface area contributed by atoms with Crippen molar-refractivity contribution in [3.8, 4) is 0 Å². The number of hydrogen-bond acceptors (Lipinski definition) is 7. The average molecular weight is 465 g/mol. The number of rotatable bonds is 2. The Morgan fingerprint density at radius 2 is 1.79 bits per heavy atom. The number of aliphatic imine (C=N–C) groups is 1. The van der Waals surface area contributed by atoms with Gasteiger partial charge in [-0.25, -0.2) is 4.79 Å². The van der Waals surface area contributed by atoms with Gasteiger partial charge in [0, 0.05) is 31.2 Å². The van der Waals surface area contributed by atoms with Crippen LogP contribution in [0.15, 0.2) is 4.99 Å². The molecule has 0 N–H and O–H groups in total. The number of carbonyl (C=O) groups is 3. The van der Waals surface area contributed by atoms with Crippen molar-refractivity contribution in [1.82, 2.24) is 4.90 Å². The lowest BCUT2D eigenvalue weighted by atomic mass is 9.74. The first-order valence-corrected chi connectivity index (χ1v) is 12.3. The Labute approximate surface area is 197 Å². The third-order valence-corrected chi connectivity index (χ3v) is 8.31. The molecule has 0 unspecified atom stereocenters. The summed E-state index contributed by atoms with van der Waals surface area (Å²) >= 11 is 0. The smallest absolute Gasteiger partial charge is 0.410 e. The van der Waals surface area contributed by atoms with Crippen molar-refractivity contribution < 1.29 is 28.6 Å². The van der Waals surface area contributed by atoms with Gasteiger partial charge < -0.3 is 14.2 Å². The lowest BCUT2D eigenvalue weighted by Gasteiger charge is -2.41. The van der Waals surface area contributed by atoms with Crippen molar-refractivity contribution in [2.75, 3.05) is 20.2 Å². The lowest BCUT2D eigenvalue weighted by molar-refractivity contribution is -0.170. The van der Waals surface area contributed by atoms with Crippen molar-refractivity contribution in [3.05, 3.63) is 0 Å². The Balaban J connectivity index is 2.10. The van der Waals surface area contributed by atoms with E-state index in [1.165, 1.54) is 0 Å². The van der Waals surface area contributed by atoms with Crippen LogP contribution in [0.3, 0.4) is 0 Å². The summed E-state index contributed by atoms with van der Waals surface area (Å²) in [5, 5.41) is 0. The fourth-order valence-corrected chi connectivity index (χ4v) is 6.11. The molecule has 9 atom stereocenters. The molecule has 3 aliphatic rings. The van der Waals surface area contributed by atoms with Gasteiger partial charge in [-0.05, 0) is 38.5 Å². The van der Waals surface area contributed by atoms with E-state index < -0.39 is 29.7 Å². The van der Waals surface area contributed by atoms with Crippen LogP contribution in [0.25, 0.3) is 0 Å². The van der Waals surface area contributed by atoms with Crippen LogP contribution in [0, 0.1) is 29.6 Å². The maximum atomic E-state index is 13.2. The van der Waals surface area contributed by atoms with Crippen LogP contribution in [0.1, 0.15) is 61.3 Å². The molecule has 8 nitrogen and oxygen atoms in total. The second-order valence-electron chi connectivity index (χ2n) is 10.3. The van der Waals surface area contributed by atoms with Crippen LogP contribution in [-0.4, -0.2) is 72.5 Å². The highest BCUT2D eigenvalue weighted by atomic mass is 16.6. The largest absolute Gasteiger partial charge is 0.458 e. The Morgan fingerprint density at radius 1 is 1.12 bits per heavy atom.